The van der Waals surface area contributed by atoms with E-state index >= 15 is 0 Å². The Morgan fingerprint density at radius 2 is 2.44 bits per heavy atom. The second-order valence-electron chi connectivity index (χ2n) is 3.78. The van der Waals surface area contributed by atoms with Gasteiger partial charge in [-0.25, -0.2) is 9.97 Å². The summed E-state index contributed by atoms with van der Waals surface area (Å²) in [6.07, 6.45) is 3.93. The van der Waals surface area contributed by atoms with Crippen LogP contribution in [-0.4, -0.2) is 32.6 Å². The predicted octanol–water partition coefficient (Wildman–Crippen LogP) is 0.229. The van der Waals surface area contributed by atoms with Gasteiger partial charge in [0.05, 0.1) is 17.2 Å². The minimum absolute atomic E-state index is 0.654. The molecule has 0 aromatic carbocycles. The summed E-state index contributed by atoms with van der Waals surface area (Å²) < 4.78 is 0. The summed E-state index contributed by atoms with van der Waals surface area (Å²) in [5.74, 6) is -0.875. The maximum atomic E-state index is 11.1. The van der Waals surface area contributed by atoms with Crippen LogP contribution in [-0.2, 0) is 11.2 Å². The minimum atomic E-state index is -0.875. The van der Waals surface area contributed by atoms with Crippen LogP contribution in [0.25, 0.3) is 11.0 Å². The van der Waals surface area contributed by atoms with Crippen molar-refractivity contribution in [3.8, 4) is 0 Å². The van der Waals surface area contributed by atoms with Gasteiger partial charge in [0.15, 0.2) is 0 Å². The molecule has 0 saturated heterocycles. The van der Waals surface area contributed by atoms with Gasteiger partial charge in [-0.15, -0.1) is 0 Å². The van der Waals surface area contributed by atoms with E-state index in [2.05, 4.69) is 20.3 Å². The van der Waals surface area contributed by atoms with Gasteiger partial charge in [-0.05, 0) is 6.42 Å². The van der Waals surface area contributed by atoms with E-state index < -0.39 is 12.0 Å². The van der Waals surface area contributed by atoms with Crippen molar-refractivity contribution in [3.05, 3.63) is 23.8 Å². The third-order valence-corrected chi connectivity index (χ3v) is 2.85. The Bertz CT molecular complexity index is 563. The van der Waals surface area contributed by atoms with Gasteiger partial charge in [0.1, 0.15) is 12.4 Å². The van der Waals surface area contributed by atoms with Gasteiger partial charge < -0.3 is 10.1 Å². The third-order valence-electron chi connectivity index (χ3n) is 2.85. The fourth-order valence-electron chi connectivity index (χ4n) is 2.16. The standard InChI is InChI=1S/C10H10N4O2/c15-10(16)9-8-5(1-2-12-9)7-6(14-8)3-11-4-13-7/h3-4,9,12,14H,1-2H2,(H,15,16). The topological polar surface area (TPSA) is 90.9 Å². The van der Waals surface area contributed by atoms with Crippen LogP contribution in [0.15, 0.2) is 12.5 Å². The summed E-state index contributed by atoms with van der Waals surface area (Å²) in [6.45, 7) is 0.654. The van der Waals surface area contributed by atoms with Crippen molar-refractivity contribution in [1.82, 2.24) is 20.3 Å². The van der Waals surface area contributed by atoms with Crippen LogP contribution in [0, 0.1) is 0 Å². The van der Waals surface area contributed by atoms with E-state index in [0.29, 0.717) is 12.2 Å². The highest BCUT2D eigenvalue weighted by Crippen LogP contribution is 2.28. The molecule has 1 atom stereocenters. The van der Waals surface area contributed by atoms with Gasteiger partial charge in [0.2, 0.25) is 0 Å². The minimum Gasteiger partial charge on any atom is -0.480 e. The summed E-state index contributed by atoms with van der Waals surface area (Å²) in [4.78, 5) is 22.3. The Labute approximate surface area is 90.7 Å². The van der Waals surface area contributed by atoms with Crippen LogP contribution in [0.5, 0.6) is 0 Å². The average Bonchev–Trinajstić information content (AvgIpc) is 2.67. The van der Waals surface area contributed by atoms with Crippen LogP contribution in [0.4, 0.5) is 0 Å². The summed E-state index contributed by atoms with van der Waals surface area (Å²) in [5.41, 5.74) is 3.32. The molecular weight excluding hydrogens is 208 g/mol. The number of nitrogens with one attached hydrogen (secondary N) is 2. The van der Waals surface area contributed by atoms with Crippen LogP contribution < -0.4 is 5.32 Å². The highest BCUT2D eigenvalue weighted by Gasteiger charge is 2.29. The number of hydrogen-bond donors (Lipinski definition) is 3. The first-order chi connectivity index (χ1) is 7.77. The molecule has 6 nitrogen and oxygen atoms in total. The lowest BCUT2D eigenvalue weighted by Crippen LogP contribution is -2.34. The van der Waals surface area contributed by atoms with Gasteiger partial charge in [0.25, 0.3) is 0 Å². The first-order valence-corrected chi connectivity index (χ1v) is 5.04. The zero-order valence-electron chi connectivity index (χ0n) is 8.40. The Morgan fingerprint density at radius 1 is 1.56 bits per heavy atom. The number of aromatic nitrogens is 3. The molecule has 1 aliphatic heterocycles. The van der Waals surface area contributed by atoms with E-state index in [0.717, 1.165) is 23.0 Å². The van der Waals surface area contributed by atoms with Crippen molar-refractivity contribution in [2.24, 2.45) is 0 Å². The predicted molar refractivity (Wildman–Crippen MR) is 56.0 cm³/mol. The van der Waals surface area contributed by atoms with Gasteiger partial charge in [-0.1, -0.05) is 0 Å². The number of fused-ring (bicyclic) bond motifs is 3. The van der Waals surface area contributed by atoms with Gasteiger partial charge >= 0.3 is 5.97 Å². The molecule has 3 rings (SSSR count). The molecule has 1 unspecified atom stereocenters. The van der Waals surface area contributed by atoms with Crippen molar-refractivity contribution < 1.29 is 9.90 Å². The summed E-state index contributed by atoms with van der Waals surface area (Å²) in [5, 5.41) is 12.0. The molecule has 1 aliphatic rings. The Morgan fingerprint density at radius 3 is 3.25 bits per heavy atom. The Balaban J connectivity index is 2.25. The smallest absolute Gasteiger partial charge is 0.326 e. The summed E-state index contributed by atoms with van der Waals surface area (Å²) >= 11 is 0. The molecule has 82 valence electrons. The molecule has 0 saturated carbocycles. The van der Waals surface area contributed by atoms with Crippen LogP contribution in [0.3, 0.4) is 0 Å². The van der Waals surface area contributed by atoms with E-state index in [4.69, 9.17) is 5.11 Å². The molecule has 0 fully saturated rings. The van der Waals surface area contributed by atoms with E-state index in [-0.39, 0.29) is 0 Å². The molecule has 0 bridgehead atoms. The average molecular weight is 218 g/mol. The summed E-state index contributed by atoms with van der Waals surface area (Å²) in [7, 11) is 0. The lowest BCUT2D eigenvalue weighted by Gasteiger charge is -2.20. The largest absolute Gasteiger partial charge is 0.480 e. The van der Waals surface area contributed by atoms with Gasteiger partial charge in [-0.2, -0.15) is 0 Å². The number of nitrogens with zero attached hydrogens (tertiary/aromatic N) is 2. The molecule has 0 spiro atoms. The third kappa shape index (κ3) is 1.20. The lowest BCUT2D eigenvalue weighted by atomic mass is 10.0. The van der Waals surface area contributed by atoms with Crippen molar-refractivity contribution >= 4 is 17.0 Å². The zero-order chi connectivity index (χ0) is 11.1. The molecule has 16 heavy (non-hydrogen) atoms. The quantitative estimate of drug-likeness (QED) is 0.637. The molecule has 6 heteroatoms. The molecule has 3 N–H and O–H groups in total. The molecule has 0 amide bonds. The number of carbonyl (C=O) groups is 1. The number of aromatic amines is 1. The highest BCUT2D eigenvalue weighted by molar-refractivity contribution is 5.84. The van der Waals surface area contributed by atoms with Crippen LogP contribution in [0.2, 0.25) is 0 Å². The molecule has 2 aromatic rings. The molecule has 0 aliphatic carbocycles. The van der Waals surface area contributed by atoms with Crippen molar-refractivity contribution in [3.63, 3.8) is 0 Å². The SMILES string of the molecule is O=C(O)C1NCCc2c1[nH]c1cncnc21. The second kappa shape index (κ2) is 3.28. The normalized spacial score (nSPS) is 19.6. The van der Waals surface area contributed by atoms with Crippen molar-refractivity contribution in [2.45, 2.75) is 12.5 Å². The second-order valence-corrected chi connectivity index (χ2v) is 3.78. The lowest BCUT2D eigenvalue weighted by molar-refractivity contribution is -0.139. The van der Waals surface area contributed by atoms with Crippen molar-refractivity contribution in [2.75, 3.05) is 6.54 Å². The van der Waals surface area contributed by atoms with Crippen LogP contribution >= 0.6 is 0 Å². The number of hydrogen-bond acceptors (Lipinski definition) is 4. The molecule has 3 heterocycles. The number of aliphatic carboxylic acids is 1. The maximum absolute atomic E-state index is 11.1. The zero-order valence-corrected chi connectivity index (χ0v) is 8.40. The molecule has 0 radical (unpaired) electrons. The fourth-order valence-corrected chi connectivity index (χ4v) is 2.16. The molecule has 2 aromatic heterocycles. The van der Waals surface area contributed by atoms with Crippen molar-refractivity contribution in [1.29, 1.82) is 0 Å². The number of H-pyrrole nitrogens is 1. The first kappa shape index (κ1) is 9.29. The van der Waals surface area contributed by atoms with E-state index in [1.807, 2.05) is 0 Å². The Hall–Kier alpha value is -1.95. The monoisotopic (exact) mass is 218 g/mol. The number of rotatable bonds is 1. The Kier molecular flexibility index (Phi) is 1.90. The van der Waals surface area contributed by atoms with E-state index in [9.17, 15) is 4.79 Å². The highest BCUT2D eigenvalue weighted by atomic mass is 16.4. The van der Waals surface area contributed by atoms with E-state index in [1.165, 1.54) is 6.33 Å². The van der Waals surface area contributed by atoms with Gasteiger partial charge in [0, 0.05) is 17.8 Å². The number of carboxylic acid groups (broad SMARTS) is 1. The fraction of sp³-hybridized carbons (Fsp3) is 0.300. The van der Waals surface area contributed by atoms with Crippen LogP contribution in [0.1, 0.15) is 17.3 Å². The maximum Gasteiger partial charge on any atom is 0.326 e. The first-order valence-electron chi connectivity index (χ1n) is 5.04. The number of carboxylic acids is 1. The van der Waals surface area contributed by atoms with Gasteiger partial charge in [-0.3, -0.25) is 10.1 Å². The summed E-state index contributed by atoms with van der Waals surface area (Å²) in [6, 6.07) is -0.669. The van der Waals surface area contributed by atoms with E-state index in [1.54, 1.807) is 6.20 Å². The molecular formula is C10H10N4O2.